The van der Waals surface area contributed by atoms with Gasteiger partial charge in [-0.3, -0.25) is 0 Å². The fourth-order valence-electron chi connectivity index (χ4n) is 2.12. The summed E-state index contributed by atoms with van der Waals surface area (Å²) in [6.07, 6.45) is 0.723. The lowest BCUT2D eigenvalue weighted by molar-refractivity contribution is 0.278. The maximum Gasteiger partial charge on any atom is 0.115 e. The molecule has 0 aliphatic heterocycles. The van der Waals surface area contributed by atoms with E-state index in [-0.39, 0.29) is 12.0 Å². The molecule has 1 aromatic heterocycles. The van der Waals surface area contributed by atoms with Gasteiger partial charge in [-0.05, 0) is 24.6 Å². The predicted octanol–water partition coefficient (Wildman–Crippen LogP) is 3.37. The van der Waals surface area contributed by atoms with Crippen molar-refractivity contribution in [2.75, 3.05) is 6.61 Å². The fraction of sp³-hybridized carbons (Fsp3) is 0.500. The average Bonchev–Trinajstić information content (AvgIpc) is 2.64. The minimum atomic E-state index is -0.0268. The lowest BCUT2D eigenvalue weighted by Gasteiger charge is -2.20. The molecule has 4 heteroatoms. The second kappa shape index (κ2) is 4.90. The molecule has 0 radical (unpaired) electrons. The molecule has 0 unspecified atom stereocenters. The smallest absolute Gasteiger partial charge is 0.115 e. The molecule has 1 aromatic carbocycles. The molecule has 1 heterocycles. The van der Waals surface area contributed by atoms with Crippen LogP contribution >= 0.6 is 11.6 Å². The molecule has 98 valence electrons. The summed E-state index contributed by atoms with van der Waals surface area (Å²) in [4.78, 5) is 4.70. The van der Waals surface area contributed by atoms with Gasteiger partial charge in [0, 0.05) is 23.6 Å². The summed E-state index contributed by atoms with van der Waals surface area (Å²) >= 11 is 6.06. The number of hydrogen-bond donors (Lipinski definition) is 1. The zero-order chi connectivity index (χ0) is 13.3. The van der Waals surface area contributed by atoms with E-state index < -0.39 is 0 Å². The van der Waals surface area contributed by atoms with Crippen LogP contribution in [0.15, 0.2) is 18.2 Å². The van der Waals surface area contributed by atoms with Crippen LogP contribution in [0, 0.1) is 0 Å². The van der Waals surface area contributed by atoms with Crippen molar-refractivity contribution in [3.05, 3.63) is 29.0 Å². The van der Waals surface area contributed by atoms with Crippen molar-refractivity contribution in [3.63, 3.8) is 0 Å². The van der Waals surface area contributed by atoms with Gasteiger partial charge in [-0.2, -0.15) is 0 Å². The Morgan fingerprint density at radius 2 is 2.06 bits per heavy atom. The number of hydrogen-bond acceptors (Lipinski definition) is 2. The zero-order valence-corrected chi connectivity index (χ0v) is 11.8. The molecule has 3 nitrogen and oxygen atoms in total. The summed E-state index contributed by atoms with van der Waals surface area (Å²) in [6.45, 7) is 7.38. The van der Waals surface area contributed by atoms with E-state index in [9.17, 15) is 0 Å². The van der Waals surface area contributed by atoms with Gasteiger partial charge in [0.25, 0.3) is 0 Å². The number of fused-ring (bicyclic) bond motifs is 1. The van der Waals surface area contributed by atoms with E-state index in [4.69, 9.17) is 21.7 Å². The number of aryl methyl sites for hydroxylation is 1. The highest BCUT2D eigenvalue weighted by Gasteiger charge is 2.22. The van der Waals surface area contributed by atoms with Gasteiger partial charge in [0.15, 0.2) is 0 Å². The third-order valence-corrected chi connectivity index (χ3v) is 3.16. The second-order valence-electron chi connectivity index (χ2n) is 5.55. The topological polar surface area (TPSA) is 38.0 Å². The number of rotatable bonds is 3. The molecule has 0 aliphatic carbocycles. The Morgan fingerprint density at radius 1 is 1.33 bits per heavy atom. The van der Waals surface area contributed by atoms with Gasteiger partial charge in [0.1, 0.15) is 5.82 Å². The minimum Gasteiger partial charge on any atom is -0.396 e. The Bertz CT molecular complexity index is 555. The van der Waals surface area contributed by atoms with E-state index >= 15 is 0 Å². The number of imidazole rings is 1. The summed E-state index contributed by atoms with van der Waals surface area (Å²) < 4.78 is 2.16. The lowest BCUT2D eigenvalue weighted by Crippen LogP contribution is -2.19. The van der Waals surface area contributed by atoms with Crippen molar-refractivity contribution < 1.29 is 5.11 Å². The number of nitrogens with zero attached hydrogens (tertiary/aromatic N) is 2. The van der Waals surface area contributed by atoms with Crippen LogP contribution in [0.4, 0.5) is 0 Å². The molecular formula is C14H19ClN2O. The van der Waals surface area contributed by atoms with Crippen molar-refractivity contribution in [1.29, 1.82) is 0 Å². The molecule has 0 spiro atoms. The first-order valence-electron chi connectivity index (χ1n) is 6.20. The van der Waals surface area contributed by atoms with Crippen LogP contribution < -0.4 is 0 Å². The highest BCUT2D eigenvalue weighted by molar-refractivity contribution is 6.31. The first-order valence-corrected chi connectivity index (χ1v) is 6.58. The Morgan fingerprint density at radius 3 is 2.67 bits per heavy atom. The van der Waals surface area contributed by atoms with Gasteiger partial charge >= 0.3 is 0 Å². The molecule has 0 saturated heterocycles. The van der Waals surface area contributed by atoms with Crippen molar-refractivity contribution in [1.82, 2.24) is 9.55 Å². The number of halogens is 1. The number of aliphatic hydroxyl groups excluding tert-OH is 1. The highest BCUT2D eigenvalue weighted by atomic mass is 35.5. The Kier molecular flexibility index (Phi) is 3.64. The fourth-order valence-corrected chi connectivity index (χ4v) is 2.29. The Hall–Kier alpha value is -1.06. The summed E-state index contributed by atoms with van der Waals surface area (Å²) in [5.41, 5.74) is 1.98. The van der Waals surface area contributed by atoms with Crippen LogP contribution in [-0.2, 0) is 12.0 Å². The van der Waals surface area contributed by atoms with Crippen molar-refractivity contribution in [2.45, 2.75) is 39.2 Å². The summed E-state index contributed by atoms with van der Waals surface area (Å²) in [5, 5.41) is 9.74. The van der Waals surface area contributed by atoms with Crippen LogP contribution in [0.2, 0.25) is 5.02 Å². The molecule has 0 saturated carbocycles. The van der Waals surface area contributed by atoms with E-state index in [2.05, 4.69) is 25.3 Å². The van der Waals surface area contributed by atoms with Crippen molar-refractivity contribution in [3.8, 4) is 0 Å². The average molecular weight is 267 g/mol. The Labute approximate surface area is 112 Å². The largest absolute Gasteiger partial charge is 0.396 e. The van der Waals surface area contributed by atoms with Gasteiger partial charge < -0.3 is 9.67 Å². The van der Waals surface area contributed by atoms with Gasteiger partial charge in [0.2, 0.25) is 0 Å². The first-order chi connectivity index (χ1) is 8.43. The van der Waals surface area contributed by atoms with Gasteiger partial charge in [-0.15, -0.1) is 0 Å². The van der Waals surface area contributed by atoms with Crippen LogP contribution in [-0.4, -0.2) is 21.3 Å². The SMILES string of the molecule is CC(C)(C)c1nc2ccc(Cl)cc2n1CCCO. The lowest BCUT2D eigenvalue weighted by atomic mass is 9.95. The third-order valence-electron chi connectivity index (χ3n) is 2.92. The first kappa shape index (κ1) is 13.4. The summed E-state index contributed by atoms with van der Waals surface area (Å²) in [7, 11) is 0. The van der Waals surface area contributed by atoms with E-state index in [1.165, 1.54) is 0 Å². The highest BCUT2D eigenvalue weighted by Crippen LogP contribution is 2.28. The van der Waals surface area contributed by atoms with Crippen LogP contribution in [0.25, 0.3) is 11.0 Å². The number of aromatic nitrogens is 2. The third kappa shape index (κ3) is 2.52. The van der Waals surface area contributed by atoms with Crippen LogP contribution in [0.1, 0.15) is 33.0 Å². The monoisotopic (exact) mass is 266 g/mol. The van der Waals surface area contributed by atoms with E-state index in [0.29, 0.717) is 5.02 Å². The molecule has 0 fully saturated rings. The maximum atomic E-state index is 9.03. The number of benzene rings is 1. The summed E-state index contributed by atoms with van der Waals surface area (Å²) in [5.74, 6) is 1.04. The molecule has 1 N–H and O–H groups in total. The minimum absolute atomic E-state index is 0.0268. The molecule has 0 atom stereocenters. The zero-order valence-electron chi connectivity index (χ0n) is 11.1. The van der Waals surface area contributed by atoms with Crippen LogP contribution in [0.5, 0.6) is 0 Å². The molecule has 18 heavy (non-hydrogen) atoms. The number of aliphatic hydroxyl groups is 1. The standard InChI is InChI=1S/C14H19ClN2O/c1-14(2,3)13-16-11-6-5-10(15)9-12(11)17(13)7-4-8-18/h5-6,9,18H,4,7-8H2,1-3H3. The van der Waals surface area contributed by atoms with E-state index in [0.717, 1.165) is 29.8 Å². The van der Waals surface area contributed by atoms with Crippen molar-refractivity contribution >= 4 is 22.6 Å². The van der Waals surface area contributed by atoms with E-state index in [1.54, 1.807) is 0 Å². The molecule has 2 rings (SSSR count). The molecule has 0 amide bonds. The normalized spacial score (nSPS) is 12.3. The predicted molar refractivity (Wildman–Crippen MR) is 75.1 cm³/mol. The molecule has 0 bridgehead atoms. The van der Waals surface area contributed by atoms with E-state index in [1.807, 2.05) is 18.2 Å². The van der Waals surface area contributed by atoms with Crippen LogP contribution in [0.3, 0.4) is 0 Å². The van der Waals surface area contributed by atoms with Gasteiger partial charge in [0.05, 0.1) is 11.0 Å². The maximum absolute atomic E-state index is 9.03. The molecular weight excluding hydrogens is 248 g/mol. The molecule has 0 aliphatic rings. The van der Waals surface area contributed by atoms with Crippen molar-refractivity contribution in [2.24, 2.45) is 0 Å². The summed E-state index contributed by atoms with van der Waals surface area (Å²) in [6, 6.07) is 5.75. The van der Waals surface area contributed by atoms with Gasteiger partial charge in [-0.1, -0.05) is 32.4 Å². The Balaban J connectivity index is 2.62. The molecule has 2 aromatic rings. The second-order valence-corrected chi connectivity index (χ2v) is 5.98. The quantitative estimate of drug-likeness (QED) is 0.925. The van der Waals surface area contributed by atoms with Gasteiger partial charge in [-0.25, -0.2) is 4.98 Å².